The molecule has 3 N–H and O–H groups in total. The van der Waals surface area contributed by atoms with Crippen LogP contribution in [0.15, 0.2) is 48.5 Å². The zero-order chi connectivity index (χ0) is 11.5. The first-order valence-electron chi connectivity index (χ1n) is 4.87. The Morgan fingerprint density at radius 3 is 2.38 bits per heavy atom. The monoisotopic (exact) mass is 213 g/mol. The summed E-state index contributed by atoms with van der Waals surface area (Å²) in [5.41, 5.74) is 6.50. The van der Waals surface area contributed by atoms with E-state index < -0.39 is 0 Å². The molecule has 2 aromatic rings. The van der Waals surface area contributed by atoms with Crippen molar-refractivity contribution in [2.24, 2.45) is 0 Å². The third-order valence-electron chi connectivity index (χ3n) is 2.35. The third kappa shape index (κ3) is 1.75. The van der Waals surface area contributed by atoms with Crippen molar-refractivity contribution in [3.63, 3.8) is 0 Å². The smallest absolute Gasteiger partial charge is 0.196 e. The fourth-order valence-corrected chi connectivity index (χ4v) is 1.49. The molecule has 2 aromatic carbocycles. The number of hydrogen-bond donors (Lipinski definition) is 2. The molecule has 3 heteroatoms. The minimum Gasteiger partial charge on any atom is -0.505 e. The summed E-state index contributed by atoms with van der Waals surface area (Å²) in [6.07, 6.45) is 0. The summed E-state index contributed by atoms with van der Waals surface area (Å²) in [7, 11) is 0. The number of carbonyl (C=O) groups excluding carboxylic acids is 1. The van der Waals surface area contributed by atoms with Gasteiger partial charge in [-0.1, -0.05) is 36.4 Å². The van der Waals surface area contributed by atoms with Crippen LogP contribution in [0.3, 0.4) is 0 Å². The van der Waals surface area contributed by atoms with Gasteiger partial charge in [-0.25, -0.2) is 0 Å². The number of para-hydroxylation sites is 1. The number of rotatable bonds is 2. The molecule has 16 heavy (non-hydrogen) atoms. The first-order valence-corrected chi connectivity index (χ1v) is 4.87. The molecular weight excluding hydrogens is 202 g/mol. The van der Waals surface area contributed by atoms with Gasteiger partial charge in [0.1, 0.15) is 5.75 Å². The Kier molecular flexibility index (Phi) is 2.60. The largest absolute Gasteiger partial charge is 0.505 e. The second kappa shape index (κ2) is 4.06. The molecular formula is C13H11NO2. The number of phenolic OH excluding ortho intramolecular Hbond substituents is 1. The van der Waals surface area contributed by atoms with Crippen molar-refractivity contribution in [2.75, 3.05) is 5.73 Å². The fourth-order valence-electron chi connectivity index (χ4n) is 1.49. The number of phenols is 1. The van der Waals surface area contributed by atoms with Gasteiger partial charge in [0.25, 0.3) is 0 Å². The van der Waals surface area contributed by atoms with Gasteiger partial charge in [0.2, 0.25) is 0 Å². The number of anilines is 1. The predicted molar refractivity (Wildman–Crippen MR) is 62.4 cm³/mol. The van der Waals surface area contributed by atoms with Crippen molar-refractivity contribution in [2.45, 2.75) is 0 Å². The summed E-state index contributed by atoms with van der Waals surface area (Å²) in [5.74, 6) is -0.387. The van der Waals surface area contributed by atoms with E-state index in [0.717, 1.165) is 0 Å². The van der Waals surface area contributed by atoms with Crippen molar-refractivity contribution in [1.29, 1.82) is 0 Å². The van der Waals surface area contributed by atoms with Crippen LogP contribution in [0.1, 0.15) is 15.9 Å². The third-order valence-corrected chi connectivity index (χ3v) is 2.35. The molecule has 0 radical (unpaired) electrons. The van der Waals surface area contributed by atoms with Gasteiger partial charge >= 0.3 is 0 Å². The molecule has 0 heterocycles. The van der Waals surface area contributed by atoms with E-state index in [-0.39, 0.29) is 22.8 Å². The molecule has 0 saturated carbocycles. The van der Waals surface area contributed by atoms with Gasteiger partial charge in [0, 0.05) is 5.56 Å². The minimum absolute atomic E-state index is 0.156. The van der Waals surface area contributed by atoms with Crippen LogP contribution in [-0.4, -0.2) is 10.9 Å². The lowest BCUT2D eigenvalue weighted by atomic mass is 10.0. The molecule has 0 saturated heterocycles. The number of ketones is 1. The minimum atomic E-state index is -0.231. The van der Waals surface area contributed by atoms with Crippen LogP contribution in [0.5, 0.6) is 5.75 Å². The highest BCUT2D eigenvalue weighted by Crippen LogP contribution is 2.26. The molecule has 0 atom stereocenters. The summed E-state index contributed by atoms with van der Waals surface area (Å²) in [4.78, 5) is 12.0. The van der Waals surface area contributed by atoms with Crippen molar-refractivity contribution < 1.29 is 9.90 Å². The molecule has 0 aliphatic rings. The van der Waals surface area contributed by atoms with E-state index in [1.807, 2.05) is 6.07 Å². The average Bonchev–Trinajstić information content (AvgIpc) is 2.33. The topological polar surface area (TPSA) is 63.3 Å². The number of hydrogen-bond acceptors (Lipinski definition) is 3. The molecule has 2 rings (SSSR count). The van der Waals surface area contributed by atoms with E-state index in [2.05, 4.69) is 0 Å². The molecule has 0 spiro atoms. The Hall–Kier alpha value is -2.29. The Morgan fingerprint density at radius 1 is 1.00 bits per heavy atom. The summed E-state index contributed by atoms with van der Waals surface area (Å²) >= 11 is 0. The summed E-state index contributed by atoms with van der Waals surface area (Å²) < 4.78 is 0. The molecule has 0 unspecified atom stereocenters. The van der Waals surface area contributed by atoms with Gasteiger partial charge in [-0.05, 0) is 12.1 Å². The lowest BCUT2D eigenvalue weighted by Gasteiger charge is -2.05. The van der Waals surface area contributed by atoms with Crippen LogP contribution in [0.4, 0.5) is 5.69 Å². The normalized spacial score (nSPS) is 10.0. The van der Waals surface area contributed by atoms with E-state index >= 15 is 0 Å². The van der Waals surface area contributed by atoms with E-state index in [4.69, 9.17) is 5.73 Å². The lowest BCUT2D eigenvalue weighted by Crippen LogP contribution is -2.02. The molecule has 0 aliphatic carbocycles. The SMILES string of the molecule is Nc1cccc(C(=O)c2ccccc2)c1O. The maximum absolute atomic E-state index is 12.0. The highest BCUT2D eigenvalue weighted by molar-refractivity contribution is 6.11. The van der Waals surface area contributed by atoms with Crippen molar-refractivity contribution in [3.8, 4) is 5.75 Å². The van der Waals surface area contributed by atoms with Gasteiger partial charge in [-0.2, -0.15) is 0 Å². The number of aromatic hydroxyl groups is 1. The number of nitrogen functional groups attached to an aromatic ring is 1. The second-order valence-electron chi connectivity index (χ2n) is 3.44. The van der Waals surface area contributed by atoms with E-state index in [1.54, 1.807) is 42.5 Å². The standard InChI is InChI=1S/C13H11NO2/c14-11-8-4-7-10(13(11)16)12(15)9-5-2-1-3-6-9/h1-8,16H,14H2. The number of nitrogens with two attached hydrogens (primary N) is 1. The molecule has 80 valence electrons. The maximum Gasteiger partial charge on any atom is 0.196 e. The van der Waals surface area contributed by atoms with Crippen LogP contribution in [0, 0.1) is 0 Å². The van der Waals surface area contributed by atoms with Crippen molar-refractivity contribution in [1.82, 2.24) is 0 Å². The first-order chi connectivity index (χ1) is 7.70. The summed E-state index contributed by atoms with van der Waals surface area (Å²) in [5, 5.41) is 9.68. The average molecular weight is 213 g/mol. The molecule has 0 aromatic heterocycles. The highest BCUT2D eigenvalue weighted by atomic mass is 16.3. The summed E-state index contributed by atoms with van der Waals surface area (Å²) in [6, 6.07) is 13.5. The fraction of sp³-hybridized carbons (Fsp3) is 0. The molecule has 0 fully saturated rings. The van der Waals surface area contributed by atoms with Gasteiger partial charge in [-0.15, -0.1) is 0 Å². The van der Waals surface area contributed by atoms with Crippen molar-refractivity contribution in [3.05, 3.63) is 59.7 Å². The molecule has 0 bridgehead atoms. The van der Waals surface area contributed by atoms with E-state index in [0.29, 0.717) is 5.56 Å². The molecule has 0 aliphatic heterocycles. The van der Waals surface area contributed by atoms with Crippen LogP contribution < -0.4 is 5.73 Å². The second-order valence-corrected chi connectivity index (χ2v) is 3.44. The van der Waals surface area contributed by atoms with Gasteiger partial charge < -0.3 is 10.8 Å². The Labute approximate surface area is 93.1 Å². The Morgan fingerprint density at radius 2 is 1.69 bits per heavy atom. The highest BCUT2D eigenvalue weighted by Gasteiger charge is 2.14. The van der Waals surface area contributed by atoms with Gasteiger partial charge in [0.15, 0.2) is 5.78 Å². The van der Waals surface area contributed by atoms with E-state index in [9.17, 15) is 9.90 Å². The van der Waals surface area contributed by atoms with Crippen molar-refractivity contribution >= 4 is 11.5 Å². The van der Waals surface area contributed by atoms with Crippen LogP contribution in [-0.2, 0) is 0 Å². The Balaban J connectivity index is 2.46. The van der Waals surface area contributed by atoms with Crippen LogP contribution >= 0.6 is 0 Å². The number of benzene rings is 2. The lowest BCUT2D eigenvalue weighted by molar-refractivity contribution is 0.103. The zero-order valence-electron chi connectivity index (χ0n) is 8.55. The first kappa shape index (κ1) is 10.2. The quantitative estimate of drug-likeness (QED) is 0.456. The van der Waals surface area contributed by atoms with Gasteiger partial charge in [0.05, 0.1) is 11.3 Å². The maximum atomic E-state index is 12.0. The zero-order valence-corrected chi connectivity index (χ0v) is 8.55. The van der Waals surface area contributed by atoms with E-state index in [1.165, 1.54) is 0 Å². The summed E-state index contributed by atoms with van der Waals surface area (Å²) in [6.45, 7) is 0. The van der Waals surface area contributed by atoms with Crippen LogP contribution in [0.2, 0.25) is 0 Å². The number of carbonyl (C=O) groups is 1. The van der Waals surface area contributed by atoms with Gasteiger partial charge in [-0.3, -0.25) is 4.79 Å². The Bertz CT molecular complexity index is 521. The van der Waals surface area contributed by atoms with Crippen LogP contribution in [0.25, 0.3) is 0 Å². The molecule has 0 amide bonds. The predicted octanol–water partition coefficient (Wildman–Crippen LogP) is 2.21. The molecule has 3 nitrogen and oxygen atoms in total.